The van der Waals surface area contributed by atoms with Crippen LogP contribution in [0.5, 0.6) is 0 Å². The summed E-state index contributed by atoms with van der Waals surface area (Å²) in [5.41, 5.74) is 6.33. The van der Waals surface area contributed by atoms with E-state index in [-0.39, 0.29) is 20.1 Å². The third-order valence-electron chi connectivity index (χ3n) is 8.43. The fourth-order valence-electron chi connectivity index (χ4n) is 6.36. The van der Waals surface area contributed by atoms with Crippen LogP contribution < -0.4 is 0 Å². The first kappa shape index (κ1) is 34.7. The monoisotopic (exact) mass is 844 g/mol. The zero-order valence-electron chi connectivity index (χ0n) is 25.2. The molecule has 0 aliphatic carbocycles. The van der Waals surface area contributed by atoms with Crippen LogP contribution in [0.25, 0.3) is 48.4 Å². The summed E-state index contributed by atoms with van der Waals surface area (Å²) in [6, 6.07) is 31.5. The minimum absolute atomic E-state index is 0.265. The van der Waals surface area contributed by atoms with Gasteiger partial charge in [-0.2, -0.15) is 0 Å². The van der Waals surface area contributed by atoms with Gasteiger partial charge in [-0.15, -0.1) is 22.7 Å². The second-order valence-corrected chi connectivity index (χ2v) is 16.6. The Morgan fingerprint density at radius 1 is 0.440 bits per heavy atom. The Balaban J connectivity index is 1.38. The summed E-state index contributed by atoms with van der Waals surface area (Å²) in [6.45, 7) is 0. The van der Waals surface area contributed by atoms with E-state index in [2.05, 4.69) is 76.0 Å². The Hall–Kier alpha value is -2.38. The van der Waals surface area contributed by atoms with E-state index in [0.717, 1.165) is 38.6 Å². The lowest BCUT2D eigenvalue weighted by atomic mass is 9.84. The molecule has 0 amide bonds. The Kier molecular flexibility index (Phi) is 9.63. The lowest BCUT2D eigenvalue weighted by molar-refractivity contribution is 1.16. The van der Waals surface area contributed by atoms with Crippen molar-refractivity contribution in [3.63, 3.8) is 0 Å². The second kappa shape index (κ2) is 13.9. The van der Waals surface area contributed by atoms with Crippen molar-refractivity contribution in [3.8, 4) is 26.6 Å². The molecular formula is C39H18Cl8NS2. The van der Waals surface area contributed by atoms with Gasteiger partial charge in [0.25, 0.3) is 0 Å². The fourth-order valence-corrected chi connectivity index (χ4v) is 10.5. The summed E-state index contributed by atoms with van der Waals surface area (Å²) in [5, 5.41) is 8.82. The minimum atomic E-state index is 0.265. The quantitative estimate of drug-likeness (QED) is 0.147. The van der Waals surface area contributed by atoms with E-state index in [1.165, 1.54) is 9.75 Å². The van der Waals surface area contributed by atoms with Crippen LogP contribution in [0, 0.1) is 5.92 Å². The lowest BCUT2D eigenvalue weighted by Gasteiger charge is -2.25. The lowest BCUT2D eigenvalue weighted by Crippen LogP contribution is -2.10. The van der Waals surface area contributed by atoms with Crippen LogP contribution in [0.3, 0.4) is 0 Å². The van der Waals surface area contributed by atoms with Gasteiger partial charge in [0.15, 0.2) is 0 Å². The number of benzene rings is 5. The number of rotatable bonds is 6. The molecule has 0 fully saturated rings. The molecule has 1 nitrogen and oxygen atoms in total. The standard InChI is InChI=1S/C39H18Cl8NS2/c40-21-13-26(42)36(27(43)14-21)39(37-28(44)15-22(41)16-29(37)45)38-30(46)17-23(18-31(38)47)48-32-7-5-19(34-3-1-9-49-34)11-24(32)25-12-20(6-8-33(25)48)35-4-2-10-50-35/h1-18H. The average Bonchev–Trinajstić information content (AvgIpc) is 3.84. The highest BCUT2D eigenvalue weighted by Crippen LogP contribution is 2.50. The number of halogens is 8. The van der Waals surface area contributed by atoms with Crippen LogP contribution in [0.4, 0.5) is 0 Å². The van der Waals surface area contributed by atoms with Gasteiger partial charge < -0.3 is 4.57 Å². The van der Waals surface area contributed by atoms with Gasteiger partial charge >= 0.3 is 0 Å². The molecule has 8 rings (SSSR count). The molecule has 0 saturated heterocycles. The predicted octanol–water partition coefficient (Wildman–Crippen LogP) is 16.5. The summed E-state index contributed by atoms with van der Waals surface area (Å²) in [5.74, 6) is 0.438. The molecule has 0 aliphatic heterocycles. The average molecular weight is 848 g/mol. The van der Waals surface area contributed by atoms with Crippen molar-refractivity contribution in [1.82, 2.24) is 4.57 Å². The van der Waals surface area contributed by atoms with E-state index in [1.54, 1.807) is 46.9 Å². The zero-order chi connectivity index (χ0) is 34.8. The van der Waals surface area contributed by atoms with Crippen LogP contribution in [-0.4, -0.2) is 4.57 Å². The van der Waals surface area contributed by atoms with Gasteiger partial charge in [0.05, 0.1) is 17.0 Å². The summed E-state index contributed by atoms with van der Waals surface area (Å²) in [7, 11) is 0. The number of hydrogen-bond acceptors (Lipinski definition) is 2. The van der Waals surface area contributed by atoms with E-state index in [1.807, 2.05) is 12.1 Å². The third kappa shape index (κ3) is 6.14. The molecule has 1 radical (unpaired) electrons. The molecular weight excluding hydrogens is 830 g/mol. The van der Waals surface area contributed by atoms with E-state index >= 15 is 0 Å². The summed E-state index contributed by atoms with van der Waals surface area (Å²) in [6.07, 6.45) is 0. The minimum Gasteiger partial charge on any atom is -0.309 e. The largest absolute Gasteiger partial charge is 0.309 e. The molecule has 0 spiro atoms. The Morgan fingerprint density at radius 2 is 0.820 bits per heavy atom. The van der Waals surface area contributed by atoms with Crippen molar-refractivity contribution < 1.29 is 0 Å². The highest BCUT2D eigenvalue weighted by Gasteiger charge is 2.32. The maximum Gasteiger partial charge on any atom is 0.0720 e. The molecule has 247 valence electrons. The highest BCUT2D eigenvalue weighted by atomic mass is 35.5. The van der Waals surface area contributed by atoms with Crippen LogP contribution in [-0.2, 0) is 0 Å². The Labute approximate surface area is 336 Å². The molecule has 8 aromatic rings. The Morgan fingerprint density at radius 3 is 1.18 bits per heavy atom. The van der Waals surface area contributed by atoms with Gasteiger partial charge in [-0.25, -0.2) is 0 Å². The second-order valence-electron chi connectivity index (χ2n) is 11.4. The molecule has 0 unspecified atom stereocenters. The summed E-state index contributed by atoms with van der Waals surface area (Å²) < 4.78 is 2.17. The number of nitrogens with zero attached hydrogens (tertiary/aromatic N) is 1. The topological polar surface area (TPSA) is 4.93 Å². The maximum atomic E-state index is 7.27. The smallest absolute Gasteiger partial charge is 0.0720 e. The molecule has 0 aliphatic rings. The highest BCUT2D eigenvalue weighted by molar-refractivity contribution is 7.13. The molecule has 3 aromatic heterocycles. The van der Waals surface area contributed by atoms with Crippen LogP contribution in [0.15, 0.2) is 108 Å². The van der Waals surface area contributed by atoms with Gasteiger partial charge in [-0.1, -0.05) is 117 Å². The van der Waals surface area contributed by atoms with E-state index in [0.29, 0.717) is 42.7 Å². The number of aromatic nitrogens is 1. The first-order valence-corrected chi connectivity index (χ1v) is 19.7. The molecule has 0 saturated carbocycles. The molecule has 5 aromatic carbocycles. The predicted molar refractivity (Wildman–Crippen MR) is 221 cm³/mol. The number of thiophene rings is 2. The van der Waals surface area contributed by atoms with Gasteiger partial charge in [0.2, 0.25) is 0 Å². The molecule has 0 N–H and O–H groups in total. The van der Waals surface area contributed by atoms with Crippen LogP contribution in [0.2, 0.25) is 40.2 Å². The summed E-state index contributed by atoms with van der Waals surface area (Å²) in [4.78, 5) is 2.39. The molecule has 3 heterocycles. The molecule has 0 atom stereocenters. The first-order valence-electron chi connectivity index (χ1n) is 14.9. The SMILES string of the molecule is Clc1cc(Cl)c([C](c2c(Cl)cc(Cl)cc2Cl)c2c(Cl)cc(-n3c4ccc(-c5cccs5)cc4c4cc(-c5cccs5)ccc43)cc2Cl)c(Cl)c1. The van der Waals surface area contributed by atoms with Crippen molar-refractivity contribution in [1.29, 1.82) is 0 Å². The van der Waals surface area contributed by atoms with E-state index < -0.39 is 0 Å². The van der Waals surface area contributed by atoms with Crippen LogP contribution in [0.1, 0.15) is 16.7 Å². The van der Waals surface area contributed by atoms with Gasteiger partial charge in [0.1, 0.15) is 0 Å². The van der Waals surface area contributed by atoms with E-state index in [4.69, 9.17) is 92.8 Å². The molecule has 0 bridgehead atoms. The summed E-state index contributed by atoms with van der Waals surface area (Å²) >= 11 is 57.9. The van der Waals surface area contributed by atoms with Crippen molar-refractivity contribution in [2.24, 2.45) is 0 Å². The third-order valence-corrected chi connectivity index (χ3v) is 12.5. The van der Waals surface area contributed by atoms with Gasteiger partial charge in [0, 0.05) is 83.1 Å². The fraction of sp³-hybridized carbons (Fsp3) is 0. The Bertz CT molecular complexity index is 2370. The van der Waals surface area contributed by atoms with E-state index in [9.17, 15) is 0 Å². The molecule has 11 heteroatoms. The van der Waals surface area contributed by atoms with Crippen molar-refractivity contribution >= 4 is 137 Å². The van der Waals surface area contributed by atoms with Gasteiger partial charge in [-0.3, -0.25) is 0 Å². The van der Waals surface area contributed by atoms with Gasteiger partial charge in [-0.05, 0) is 94.7 Å². The zero-order valence-corrected chi connectivity index (χ0v) is 32.9. The van der Waals surface area contributed by atoms with Crippen LogP contribution >= 0.6 is 115 Å². The van der Waals surface area contributed by atoms with Crippen molar-refractivity contribution in [2.75, 3.05) is 0 Å². The molecule has 50 heavy (non-hydrogen) atoms. The maximum absolute atomic E-state index is 7.27. The number of hydrogen-bond donors (Lipinski definition) is 0. The normalized spacial score (nSPS) is 11.8. The number of fused-ring (bicyclic) bond motifs is 3. The van der Waals surface area contributed by atoms with Crippen molar-refractivity contribution in [2.45, 2.75) is 0 Å². The first-order chi connectivity index (χ1) is 24.1. The van der Waals surface area contributed by atoms with Crippen molar-refractivity contribution in [3.05, 3.63) is 171 Å².